The summed E-state index contributed by atoms with van der Waals surface area (Å²) in [5.41, 5.74) is 1.01. The predicted molar refractivity (Wildman–Crippen MR) is 136 cm³/mol. The van der Waals surface area contributed by atoms with Crippen molar-refractivity contribution in [2.75, 3.05) is 18.6 Å². The molecular weight excluding hydrogens is 442 g/mol. The Labute approximate surface area is 206 Å². The minimum atomic E-state index is -1.11. The fraction of sp³-hybridized carbons (Fsp3) is 0.429. The van der Waals surface area contributed by atoms with Gasteiger partial charge in [-0.1, -0.05) is 19.3 Å². The van der Waals surface area contributed by atoms with Gasteiger partial charge in [-0.15, -0.1) is 0 Å². The average Bonchev–Trinajstić information content (AvgIpc) is 3.23. The smallest absolute Gasteiger partial charge is 0.275 e. The van der Waals surface area contributed by atoms with Crippen LogP contribution >= 0.6 is 0 Å². The van der Waals surface area contributed by atoms with E-state index in [1.165, 1.54) is 6.42 Å². The van der Waals surface area contributed by atoms with E-state index in [-0.39, 0.29) is 17.9 Å². The third kappa shape index (κ3) is 4.13. The van der Waals surface area contributed by atoms with E-state index in [4.69, 9.17) is 9.47 Å². The molecule has 2 heterocycles. The predicted octanol–water partition coefficient (Wildman–Crippen LogP) is 4.92. The van der Waals surface area contributed by atoms with Crippen LogP contribution in [0.3, 0.4) is 0 Å². The molecule has 5 rings (SSSR count). The molecule has 1 saturated carbocycles. The molecule has 0 spiro atoms. The number of carbonyl (C=O) groups is 2. The van der Waals surface area contributed by atoms with Gasteiger partial charge in [0.05, 0.1) is 25.8 Å². The molecule has 0 saturated heterocycles. The molecule has 7 nitrogen and oxygen atoms in total. The molecule has 0 radical (unpaired) electrons. The number of fused-ring (bicyclic) bond motifs is 3. The Morgan fingerprint density at radius 3 is 2.46 bits per heavy atom. The Morgan fingerprint density at radius 1 is 1.06 bits per heavy atom. The van der Waals surface area contributed by atoms with Gasteiger partial charge in [0.1, 0.15) is 22.7 Å². The molecule has 3 aromatic rings. The molecule has 2 aromatic carbocycles. The minimum Gasteiger partial charge on any atom is -0.497 e. The summed E-state index contributed by atoms with van der Waals surface area (Å²) in [6, 6.07) is 15.2. The summed E-state index contributed by atoms with van der Waals surface area (Å²) in [5, 5.41) is 4.22. The number of amides is 2. The van der Waals surface area contributed by atoms with Gasteiger partial charge in [-0.2, -0.15) is 0 Å². The Bertz CT molecular complexity index is 1240. The van der Waals surface area contributed by atoms with Crippen molar-refractivity contribution in [3.8, 4) is 11.5 Å². The van der Waals surface area contributed by atoms with Crippen molar-refractivity contribution < 1.29 is 19.1 Å². The minimum absolute atomic E-state index is 0.123. The molecule has 7 heteroatoms. The van der Waals surface area contributed by atoms with E-state index in [0.29, 0.717) is 30.3 Å². The lowest BCUT2D eigenvalue weighted by Crippen LogP contribution is -2.65. The molecule has 1 aromatic heterocycles. The first kappa shape index (κ1) is 23.3. The Balaban J connectivity index is 1.59. The summed E-state index contributed by atoms with van der Waals surface area (Å²) in [6.07, 6.45) is 5.41. The van der Waals surface area contributed by atoms with E-state index < -0.39 is 5.54 Å². The maximum Gasteiger partial charge on any atom is 0.275 e. The number of anilines is 1. The van der Waals surface area contributed by atoms with Crippen LogP contribution in [0.4, 0.5) is 5.69 Å². The zero-order valence-electron chi connectivity index (χ0n) is 20.7. The number of nitrogens with zero attached hydrogens (tertiary/aromatic N) is 2. The summed E-state index contributed by atoms with van der Waals surface area (Å²) in [7, 11) is 1.63. The number of nitrogens with one attached hydrogen (secondary N) is 1. The number of rotatable bonds is 6. The molecule has 0 bridgehead atoms. The third-order valence-electron chi connectivity index (χ3n) is 7.33. The van der Waals surface area contributed by atoms with Crippen LogP contribution in [-0.4, -0.2) is 41.7 Å². The van der Waals surface area contributed by atoms with Gasteiger partial charge in [0.2, 0.25) is 5.91 Å². The second-order valence-electron chi connectivity index (χ2n) is 9.69. The highest BCUT2D eigenvalue weighted by molar-refractivity contribution is 6.14. The molecule has 1 aliphatic carbocycles. The average molecular weight is 476 g/mol. The van der Waals surface area contributed by atoms with Crippen molar-refractivity contribution >= 4 is 28.4 Å². The third-order valence-corrected chi connectivity index (χ3v) is 7.33. The van der Waals surface area contributed by atoms with Crippen molar-refractivity contribution in [1.82, 2.24) is 9.88 Å². The van der Waals surface area contributed by atoms with Gasteiger partial charge >= 0.3 is 0 Å². The molecule has 2 aliphatic rings. The lowest BCUT2D eigenvalue weighted by atomic mass is 9.91. The summed E-state index contributed by atoms with van der Waals surface area (Å²) in [4.78, 5) is 29.6. The molecule has 1 atom stereocenters. The van der Waals surface area contributed by atoms with Gasteiger partial charge in [-0.25, -0.2) is 0 Å². The number of benzene rings is 2. The number of hydrogen-bond acceptors (Lipinski definition) is 4. The first-order chi connectivity index (χ1) is 16.9. The second kappa shape index (κ2) is 9.29. The summed E-state index contributed by atoms with van der Waals surface area (Å²) < 4.78 is 13.0. The number of methoxy groups -OCH3 is 1. The monoisotopic (exact) mass is 475 g/mol. The quantitative estimate of drug-likeness (QED) is 0.550. The van der Waals surface area contributed by atoms with Crippen LogP contribution in [0.5, 0.6) is 11.5 Å². The Morgan fingerprint density at radius 2 is 1.77 bits per heavy atom. The van der Waals surface area contributed by atoms with E-state index >= 15 is 0 Å². The summed E-state index contributed by atoms with van der Waals surface area (Å²) in [5.74, 6) is 1.13. The molecule has 1 aliphatic heterocycles. The van der Waals surface area contributed by atoms with E-state index in [2.05, 4.69) is 5.32 Å². The topological polar surface area (TPSA) is 72.8 Å². The molecule has 35 heavy (non-hydrogen) atoms. The maximum atomic E-state index is 14.0. The van der Waals surface area contributed by atoms with Crippen LogP contribution in [0.25, 0.3) is 10.9 Å². The van der Waals surface area contributed by atoms with E-state index in [9.17, 15) is 9.59 Å². The molecule has 1 fully saturated rings. The van der Waals surface area contributed by atoms with Crippen LogP contribution < -0.4 is 19.7 Å². The van der Waals surface area contributed by atoms with Crippen LogP contribution in [0.2, 0.25) is 0 Å². The van der Waals surface area contributed by atoms with E-state index in [1.807, 2.05) is 66.9 Å². The zero-order valence-corrected chi connectivity index (χ0v) is 20.7. The van der Waals surface area contributed by atoms with Gasteiger partial charge in [-0.05, 0) is 69.2 Å². The summed E-state index contributed by atoms with van der Waals surface area (Å²) >= 11 is 0. The van der Waals surface area contributed by atoms with Crippen molar-refractivity contribution in [2.24, 2.45) is 0 Å². The normalized spacial score (nSPS) is 20.5. The van der Waals surface area contributed by atoms with E-state index in [1.54, 1.807) is 12.0 Å². The molecule has 0 unspecified atom stereocenters. The van der Waals surface area contributed by atoms with Gasteiger partial charge in [-0.3, -0.25) is 14.5 Å². The lowest BCUT2D eigenvalue weighted by Gasteiger charge is -2.44. The van der Waals surface area contributed by atoms with Crippen molar-refractivity contribution in [3.05, 3.63) is 54.2 Å². The number of hydrogen-bond donors (Lipinski definition) is 1. The fourth-order valence-corrected chi connectivity index (χ4v) is 5.45. The van der Waals surface area contributed by atoms with Crippen molar-refractivity contribution in [2.45, 2.75) is 64.1 Å². The molecule has 1 N–H and O–H groups in total. The molecule has 184 valence electrons. The van der Waals surface area contributed by atoms with Crippen molar-refractivity contribution in [3.63, 3.8) is 0 Å². The van der Waals surface area contributed by atoms with Gasteiger partial charge in [0.25, 0.3) is 5.91 Å². The van der Waals surface area contributed by atoms with E-state index in [0.717, 1.165) is 42.3 Å². The largest absolute Gasteiger partial charge is 0.497 e. The molecule has 2 amide bonds. The number of carbonyl (C=O) groups excluding carboxylic acids is 2. The lowest BCUT2D eigenvalue weighted by molar-refractivity contribution is -0.127. The Kier molecular flexibility index (Phi) is 6.17. The van der Waals surface area contributed by atoms with Gasteiger partial charge in [0.15, 0.2) is 0 Å². The Hall–Kier alpha value is -3.48. The van der Waals surface area contributed by atoms with Crippen LogP contribution in [0, 0.1) is 0 Å². The maximum absolute atomic E-state index is 14.0. The zero-order chi connectivity index (χ0) is 24.6. The number of aromatic nitrogens is 1. The van der Waals surface area contributed by atoms with Crippen LogP contribution in [-0.2, 0) is 11.3 Å². The van der Waals surface area contributed by atoms with Gasteiger partial charge < -0.3 is 19.4 Å². The first-order valence-corrected chi connectivity index (χ1v) is 12.5. The second-order valence-corrected chi connectivity index (χ2v) is 9.69. The highest BCUT2D eigenvalue weighted by atomic mass is 16.5. The van der Waals surface area contributed by atoms with Crippen LogP contribution in [0.15, 0.2) is 48.5 Å². The highest BCUT2D eigenvalue weighted by Crippen LogP contribution is 2.37. The fourth-order valence-electron chi connectivity index (χ4n) is 5.45. The standard InChI is InChI=1S/C28H33N3O4/c1-4-35-22-14-11-21(12-15-22)31-26(32)25-16-19-10-13-23(34-3)17-24(19)30(25)18-28(31,2)27(33)29-20-8-6-5-7-9-20/h10-17,20H,4-9,18H2,1-3H3,(H,29,33)/t28-/m0/s1. The number of ether oxygens (including phenoxy) is 2. The van der Waals surface area contributed by atoms with Gasteiger partial charge in [0, 0.05) is 23.2 Å². The first-order valence-electron chi connectivity index (χ1n) is 12.5. The molecular formula is C28H33N3O4. The highest BCUT2D eigenvalue weighted by Gasteiger charge is 2.49. The van der Waals surface area contributed by atoms with Crippen molar-refractivity contribution in [1.29, 1.82) is 0 Å². The summed E-state index contributed by atoms with van der Waals surface area (Å²) in [6.45, 7) is 4.71. The SMILES string of the molecule is CCOc1ccc(N2C(=O)c3cc4ccc(OC)cc4n3C[C@@]2(C)C(=O)NC2CCCCC2)cc1. The van der Waals surface area contributed by atoms with Crippen LogP contribution in [0.1, 0.15) is 56.4 Å².